The Hall–Kier alpha value is -2.41. The molecule has 0 atom stereocenters. The quantitative estimate of drug-likeness (QED) is 0.896. The van der Waals surface area contributed by atoms with Crippen LogP contribution < -0.4 is 4.72 Å². The molecule has 0 saturated heterocycles. The van der Waals surface area contributed by atoms with Crippen LogP contribution >= 0.6 is 0 Å². The zero-order chi connectivity index (χ0) is 14.8. The van der Waals surface area contributed by atoms with E-state index in [-0.39, 0.29) is 5.56 Å². The molecule has 2 N–H and O–H groups in total. The van der Waals surface area contributed by atoms with Crippen LogP contribution in [0.3, 0.4) is 0 Å². The van der Waals surface area contributed by atoms with Gasteiger partial charge in [-0.05, 0) is 23.8 Å². The molecule has 6 nitrogen and oxygen atoms in total. The fraction of sp³-hybridized carbons (Fsp3) is 0.0769. The summed E-state index contributed by atoms with van der Waals surface area (Å²) in [5.74, 6) is -1.07. The standard InChI is InChI=1S/C13H12N2O4S/c1-20(18,19)15-10-4-2-3-9(7-10)12-8-14-6-5-11(12)13(16)17/h2-8,15H,1H3,(H,16,17). The van der Waals surface area contributed by atoms with Crippen LogP contribution in [0.5, 0.6) is 0 Å². The molecule has 0 amide bonds. The van der Waals surface area contributed by atoms with E-state index >= 15 is 0 Å². The highest BCUT2D eigenvalue weighted by Gasteiger charge is 2.12. The maximum Gasteiger partial charge on any atom is 0.336 e. The van der Waals surface area contributed by atoms with Crippen LogP contribution in [0.25, 0.3) is 11.1 Å². The number of benzene rings is 1. The first-order valence-corrected chi connectivity index (χ1v) is 7.51. The van der Waals surface area contributed by atoms with Crippen molar-refractivity contribution in [2.75, 3.05) is 11.0 Å². The molecule has 20 heavy (non-hydrogen) atoms. The number of hydrogen-bond donors (Lipinski definition) is 2. The van der Waals surface area contributed by atoms with E-state index in [0.717, 1.165) is 6.26 Å². The molecule has 1 heterocycles. The van der Waals surface area contributed by atoms with Crippen LogP contribution in [-0.4, -0.2) is 30.7 Å². The third-order valence-corrected chi connectivity index (χ3v) is 3.13. The molecule has 104 valence electrons. The number of aromatic carboxylic acids is 1. The number of hydrogen-bond acceptors (Lipinski definition) is 4. The monoisotopic (exact) mass is 292 g/mol. The third-order valence-electron chi connectivity index (χ3n) is 2.53. The van der Waals surface area contributed by atoms with Crippen molar-refractivity contribution in [3.63, 3.8) is 0 Å². The third kappa shape index (κ3) is 3.33. The zero-order valence-corrected chi connectivity index (χ0v) is 11.4. The van der Waals surface area contributed by atoms with Crippen LogP contribution in [0, 0.1) is 0 Å². The van der Waals surface area contributed by atoms with E-state index in [2.05, 4.69) is 9.71 Å². The van der Waals surface area contributed by atoms with Crippen LogP contribution in [0.1, 0.15) is 10.4 Å². The van der Waals surface area contributed by atoms with Crippen LogP contribution in [0.4, 0.5) is 5.69 Å². The Labute approximate surface area is 116 Å². The second-order valence-electron chi connectivity index (χ2n) is 4.18. The first-order valence-electron chi connectivity index (χ1n) is 5.62. The van der Waals surface area contributed by atoms with Crippen molar-refractivity contribution in [2.24, 2.45) is 0 Å². The molecule has 2 aromatic rings. The molecule has 1 aromatic heterocycles. The SMILES string of the molecule is CS(=O)(=O)Nc1cccc(-c2cnccc2C(=O)O)c1. The van der Waals surface area contributed by atoms with E-state index in [4.69, 9.17) is 5.11 Å². The predicted octanol–water partition coefficient (Wildman–Crippen LogP) is 1.82. The number of rotatable bonds is 4. The van der Waals surface area contributed by atoms with Gasteiger partial charge >= 0.3 is 5.97 Å². The highest BCUT2D eigenvalue weighted by Crippen LogP contribution is 2.25. The highest BCUT2D eigenvalue weighted by molar-refractivity contribution is 7.92. The predicted molar refractivity (Wildman–Crippen MR) is 75.1 cm³/mol. The van der Waals surface area contributed by atoms with E-state index in [1.54, 1.807) is 24.3 Å². The minimum absolute atomic E-state index is 0.108. The molecule has 0 aliphatic heterocycles. The number of anilines is 1. The van der Waals surface area contributed by atoms with Gasteiger partial charge in [0.2, 0.25) is 10.0 Å². The van der Waals surface area contributed by atoms with Gasteiger partial charge in [-0.3, -0.25) is 9.71 Å². The summed E-state index contributed by atoms with van der Waals surface area (Å²) in [5.41, 5.74) is 1.47. The number of carboxylic acids is 1. The zero-order valence-electron chi connectivity index (χ0n) is 10.6. The largest absolute Gasteiger partial charge is 0.478 e. The summed E-state index contributed by atoms with van der Waals surface area (Å²) in [6.45, 7) is 0. The second kappa shape index (κ2) is 5.30. The van der Waals surface area contributed by atoms with Crippen molar-refractivity contribution in [1.82, 2.24) is 4.98 Å². The Bertz CT molecular complexity index is 756. The van der Waals surface area contributed by atoms with Gasteiger partial charge in [0.25, 0.3) is 0 Å². The first-order chi connectivity index (χ1) is 9.37. The van der Waals surface area contributed by atoms with Gasteiger partial charge in [-0.1, -0.05) is 12.1 Å². The Morgan fingerprint density at radius 1 is 1.30 bits per heavy atom. The van der Waals surface area contributed by atoms with Gasteiger partial charge in [0.15, 0.2) is 0 Å². The van der Waals surface area contributed by atoms with Crippen molar-refractivity contribution in [2.45, 2.75) is 0 Å². The van der Waals surface area contributed by atoms with Gasteiger partial charge in [0.1, 0.15) is 0 Å². The van der Waals surface area contributed by atoms with Gasteiger partial charge in [-0.15, -0.1) is 0 Å². The summed E-state index contributed by atoms with van der Waals surface area (Å²) in [5, 5.41) is 9.14. The Morgan fingerprint density at radius 3 is 2.70 bits per heavy atom. The average Bonchev–Trinajstić information content (AvgIpc) is 2.37. The minimum atomic E-state index is -3.38. The lowest BCUT2D eigenvalue weighted by molar-refractivity contribution is 0.0697. The number of nitrogens with zero attached hydrogens (tertiary/aromatic N) is 1. The van der Waals surface area contributed by atoms with Gasteiger partial charge in [0, 0.05) is 23.6 Å². The van der Waals surface area contributed by atoms with Crippen molar-refractivity contribution in [3.05, 3.63) is 48.3 Å². The lowest BCUT2D eigenvalue weighted by Crippen LogP contribution is -2.09. The van der Waals surface area contributed by atoms with Crippen molar-refractivity contribution in [3.8, 4) is 11.1 Å². The minimum Gasteiger partial charge on any atom is -0.478 e. The molecule has 0 radical (unpaired) electrons. The summed E-state index contributed by atoms with van der Waals surface area (Å²) in [6.07, 6.45) is 3.88. The van der Waals surface area contributed by atoms with Crippen LogP contribution in [0.2, 0.25) is 0 Å². The van der Waals surface area contributed by atoms with E-state index in [1.807, 2.05) is 0 Å². The Kier molecular flexibility index (Phi) is 3.71. The molecule has 0 fully saturated rings. The van der Waals surface area contributed by atoms with E-state index < -0.39 is 16.0 Å². The molecule has 0 aliphatic carbocycles. The number of aromatic nitrogens is 1. The lowest BCUT2D eigenvalue weighted by Gasteiger charge is -2.08. The van der Waals surface area contributed by atoms with E-state index in [9.17, 15) is 13.2 Å². The molecule has 2 rings (SSSR count). The summed E-state index contributed by atoms with van der Waals surface area (Å²) in [4.78, 5) is 15.1. The van der Waals surface area contributed by atoms with Gasteiger partial charge in [-0.25, -0.2) is 13.2 Å². The maximum atomic E-state index is 11.2. The van der Waals surface area contributed by atoms with Gasteiger partial charge in [-0.2, -0.15) is 0 Å². The number of sulfonamides is 1. The molecule has 1 aromatic carbocycles. The Morgan fingerprint density at radius 2 is 2.05 bits per heavy atom. The van der Waals surface area contributed by atoms with Gasteiger partial charge < -0.3 is 5.11 Å². The lowest BCUT2D eigenvalue weighted by atomic mass is 10.0. The maximum absolute atomic E-state index is 11.2. The van der Waals surface area contributed by atoms with Crippen LogP contribution in [0.15, 0.2) is 42.7 Å². The molecule has 0 saturated carbocycles. The number of nitrogens with one attached hydrogen (secondary N) is 1. The second-order valence-corrected chi connectivity index (χ2v) is 5.93. The molecule has 0 aliphatic rings. The molecular formula is C13H12N2O4S. The van der Waals surface area contributed by atoms with E-state index in [0.29, 0.717) is 16.8 Å². The molecule has 0 bridgehead atoms. The van der Waals surface area contributed by atoms with E-state index in [1.165, 1.54) is 18.5 Å². The fourth-order valence-corrected chi connectivity index (χ4v) is 2.33. The van der Waals surface area contributed by atoms with Crippen molar-refractivity contribution in [1.29, 1.82) is 0 Å². The summed E-state index contributed by atoms with van der Waals surface area (Å²) in [6, 6.07) is 7.87. The Balaban J connectivity index is 2.49. The van der Waals surface area contributed by atoms with Gasteiger partial charge in [0.05, 0.1) is 11.8 Å². The topological polar surface area (TPSA) is 96.4 Å². The normalized spacial score (nSPS) is 11.1. The number of carboxylic acid groups (broad SMARTS) is 1. The fourth-order valence-electron chi connectivity index (χ4n) is 1.78. The van der Waals surface area contributed by atoms with Crippen LogP contribution in [-0.2, 0) is 10.0 Å². The number of pyridine rings is 1. The van der Waals surface area contributed by atoms with Crippen molar-refractivity contribution < 1.29 is 18.3 Å². The number of carbonyl (C=O) groups is 1. The molecule has 7 heteroatoms. The average molecular weight is 292 g/mol. The summed E-state index contributed by atoms with van der Waals surface area (Å²) in [7, 11) is -3.38. The first kappa shape index (κ1) is 14.0. The molecule has 0 unspecified atom stereocenters. The molecular weight excluding hydrogens is 280 g/mol. The summed E-state index contributed by atoms with van der Waals surface area (Å²) < 4.78 is 24.8. The summed E-state index contributed by atoms with van der Waals surface area (Å²) >= 11 is 0. The smallest absolute Gasteiger partial charge is 0.336 e. The molecule has 0 spiro atoms. The van der Waals surface area contributed by atoms with Crippen molar-refractivity contribution >= 4 is 21.7 Å². The highest BCUT2D eigenvalue weighted by atomic mass is 32.2.